The normalized spacial score (nSPS) is 11.3. The molecule has 9 heteroatoms. The van der Waals surface area contributed by atoms with Crippen LogP contribution in [-0.2, 0) is 26.1 Å². The number of carbonyl (C=O) groups is 1. The monoisotopic (exact) mass is 415 g/mol. The molecule has 1 heterocycles. The van der Waals surface area contributed by atoms with Gasteiger partial charge >= 0.3 is 5.97 Å². The van der Waals surface area contributed by atoms with Crippen molar-refractivity contribution < 1.29 is 22.7 Å². The van der Waals surface area contributed by atoms with Gasteiger partial charge in [0, 0.05) is 26.0 Å². The zero-order valence-electron chi connectivity index (χ0n) is 15.8. The summed E-state index contributed by atoms with van der Waals surface area (Å²) in [7, 11) is -2.15. The Morgan fingerprint density at radius 2 is 1.83 bits per heavy atom. The van der Waals surface area contributed by atoms with Gasteiger partial charge in [-0.25, -0.2) is 22.6 Å². The Kier molecular flexibility index (Phi) is 6.76. The number of methoxy groups -OCH3 is 1. The van der Waals surface area contributed by atoms with E-state index in [4.69, 9.17) is 9.47 Å². The minimum Gasteiger partial charge on any atom is -0.457 e. The fraction of sp³-hybridized carbons (Fsp3) is 0.200. The van der Waals surface area contributed by atoms with Crippen LogP contribution in [-0.4, -0.2) is 44.4 Å². The molecule has 29 heavy (non-hydrogen) atoms. The third-order valence-electron chi connectivity index (χ3n) is 4.07. The molecule has 0 spiro atoms. The smallest absolute Gasteiger partial charge is 0.338 e. The van der Waals surface area contributed by atoms with E-state index in [1.807, 2.05) is 36.5 Å². The fourth-order valence-corrected chi connectivity index (χ4v) is 3.54. The van der Waals surface area contributed by atoms with Gasteiger partial charge in [-0.05, 0) is 48.0 Å². The number of hydrogen-bond donors (Lipinski definition) is 1. The highest BCUT2D eigenvalue weighted by Gasteiger charge is 2.15. The van der Waals surface area contributed by atoms with E-state index in [9.17, 15) is 13.2 Å². The van der Waals surface area contributed by atoms with E-state index in [0.717, 1.165) is 11.3 Å². The number of nitrogens with zero attached hydrogens (tertiary/aromatic N) is 2. The first kappa shape index (κ1) is 20.7. The molecule has 3 rings (SSSR count). The van der Waals surface area contributed by atoms with Gasteiger partial charge in [-0.2, -0.15) is 5.10 Å². The van der Waals surface area contributed by atoms with Crippen molar-refractivity contribution in [3.63, 3.8) is 0 Å². The Balaban J connectivity index is 1.57. The maximum Gasteiger partial charge on any atom is 0.338 e. The highest BCUT2D eigenvalue weighted by atomic mass is 32.2. The van der Waals surface area contributed by atoms with Crippen molar-refractivity contribution in [2.45, 2.75) is 11.5 Å². The minimum absolute atomic E-state index is 0.0689. The average molecular weight is 415 g/mol. The zero-order chi connectivity index (χ0) is 20.7. The van der Waals surface area contributed by atoms with Crippen LogP contribution in [0.5, 0.6) is 0 Å². The van der Waals surface area contributed by atoms with E-state index in [1.54, 1.807) is 10.9 Å². The van der Waals surface area contributed by atoms with Crippen LogP contribution in [0.25, 0.3) is 5.69 Å². The lowest BCUT2D eigenvalue weighted by Crippen LogP contribution is -2.27. The van der Waals surface area contributed by atoms with Crippen LogP contribution >= 0.6 is 0 Å². The van der Waals surface area contributed by atoms with E-state index in [-0.39, 0.29) is 30.2 Å². The lowest BCUT2D eigenvalue weighted by Gasteiger charge is -2.08. The van der Waals surface area contributed by atoms with Crippen molar-refractivity contribution in [2.75, 3.05) is 20.3 Å². The van der Waals surface area contributed by atoms with Crippen molar-refractivity contribution in [1.82, 2.24) is 14.5 Å². The Morgan fingerprint density at radius 3 is 2.45 bits per heavy atom. The number of hydrogen-bond acceptors (Lipinski definition) is 6. The van der Waals surface area contributed by atoms with Gasteiger partial charge in [0.25, 0.3) is 0 Å². The molecule has 0 unspecified atom stereocenters. The Morgan fingerprint density at radius 1 is 1.10 bits per heavy atom. The molecule has 2 aromatic carbocycles. The minimum atomic E-state index is -3.64. The van der Waals surface area contributed by atoms with Crippen LogP contribution in [0.1, 0.15) is 15.9 Å². The second-order valence-corrected chi connectivity index (χ2v) is 7.88. The third-order valence-corrected chi connectivity index (χ3v) is 5.55. The molecule has 0 fully saturated rings. The predicted molar refractivity (Wildman–Crippen MR) is 106 cm³/mol. The first-order chi connectivity index (χ1) is 14.0. The molecule has 8 nitrogen and oxygen atoms in total. The predicted octanol–water partition coefficient (Wildman–Crippen LogP) is 2.15. The number of ether oxygens (including phenoxy) is 2. The van der Waals surface area contributed by atoms with Crippen molar-refractivity contribution in [2.24, 2.45) is 0 Å². The third kappa shape index (κ3) is 5.50. The Labute approximate surface area is 169 Å². The molecule has 0 saturated carbocycles. The van der Waals surface area contributed by atoms with Crippen LogP contribution in [0.4, 0.5) is 0 Å². The van der Waals surface area contributed by atoms with Gasteiger partial charge < -0.3 is 9.47 Å². The van der Waals surface area contributed by atoms with E-state index >= 15 is 0 Å². The number of sulfonamides is 1. The summed E-state index contributed by atoms with van der Waals surface area (Å²) in [5.41, 5.74) is 2.01. The van der Waals surface area contributed by atoms with Gasteiger partial charge in [0.1, 0.15) is 6.61 Å². The fourth-order valence-electron chi connectivity index (χ4n) is 2.53. The topological polar surface area (TPSA) is 99.5 Å². The molecule has 152 valence electrons. The SMILES string of the molecule is COCCNS(=O)(=O)c1ccc(C(=O)OCc2ccc(-n3cccn3)cc2)cc1. The molecule has 0 radical (unpaired) electrons. The van der Waals surface area contributed by atoms with Gasteiger partial charge in [-0.3, -0.25) is 0 Å². The molecule has 1 N–H and O–H groups in total. The molecule has 0 atom stereocenters. The number of aromatic nitrogens is 2. The molecular formula is C20H21N3O5S. The quantitative estimate of drug-likeness (QED) is 0.425. The summed E-state index contributed by atoms with van der Waals surface area (Å²) < 4.78 is 38.5. The zero-order valence-corrected chi connectivity index (χ0v) is 16.6. The van der Waals surface area contributed by atoms with Crippen LogP contribution in [0, 0.1) is 0 Å². The molecule has 1 aromatic heterocycles. The molecule has 0 aliphatic carbocycles. The molecular weight excluding hydrogens is 394 g/mol. The number of esters is 1. The molecule has 0 aliphatic heterocycles. The summed E-state index contributed by atoms with van der Waals surface area (Å²) in [6.45, 7) is 0.547. The Hall–Kier alpha value is -3.01. The average Bonchev–Trinajstić information content (AvgIpc) is 3.27. The van der Waals surface area contributed by atoms with E-state index in [0.29, 0.717) is 0 Å². The first-order valence-electron chi connectivity index (χ1n) is 8.84. The van der Waals surface area contributed by atoms with Crippen molar-refractivity contribution in [3.8, 4) is 5.69 Å². The summed E-state index contributed by atoms with van der Waals surface area (Å²) in [6.07, 6.45) is 3.54. The van der Waals surface area contributed by atoms with E-state index in [2.05, 4.69) is 9.82 Å². The number of benzene rings is 2. The van der Waals surface area contributed by atoms with Crippen LogP contribution in [0.15, 0.2) is 71.9 Å². The highest BCUT2D eigenvalue weighted by Crippen LogP contribution is 2.13. The van der Waals surface area contributed by atoms with Crippen molar-refractivity contribution in [3.05, 3.63) is 78.1 Å². The summed E-state index contributed by atoms with van der Waals surface area (Å²) in [4.78, 5) is 12.3. The van der Waals surface area contributed by atoms with Crippen molar-refractivity contribution in [1.29, 1.82) is 0 Å². The molecule has 3 aromatic rings. The first-order valence-corrected chi connectivity index (χ1v) is 10.3. The molecule has 0 saturated heterocycles. The van der Waals surface area contributed by atoms with Gasteiger partial charge in [-0.15, -0.1) is 0 Å². The van der Waals surface area contributed by atoms with Crippen molar-refractivity contribution >= 4 is 16.0 Å². The van der Waals surface area contributed by atoms with Gasteiger partial charge in [0.05, 0.1) is 22.8 Å². The lowest BCUT2D eigenvalue weighted by atomic mass is 10.2. The maximum atomic E-state index is 12.2. The highest BCUT2D eigenvalue weighted by molar-refractivity contribution is 7.89. The Bertz CT molecular complexity index is 1030. The number of rotatable bonds is 9. The van der Waals surface area contributed by atoms with Crippen LogP contribution in [0.3, 0.4) is 0 Å². The second-order valence-electron chi connectivity index (χ2n) is 6.11. The molecule has 0 bridgehead atoms. The van der Waals surface area contributed by atoms with Gasteiger partial charge in [0.2, 0.25) is 10.0 Å². The summed E-state index contributed by atoms with van der Waals surface area (Å²) in [5, 5.41) is 4.15. The standard InChI is InChI=1S/C20H21N3O5S/c1-27-14-12-22-29(25,26)19-9-5-17(6-10-19)20(24)28-15-16-3-7-18(8-4-16)23-13-2-11-21-23/h2-11,13,22H,12,14-15H2,1H3. The van der Waals surface area contributed by atoms with E-state index < -0.39 is 16.0 Å². The summed E-state index contributed by atoms with van der Waals surface area (Å²) in [6, 6.07) is 14.9. The lowest BCUT2D eigenvalue weighted by molar-refractivity contribution is 0.0472. The number of carbonyl (C=O) groups excluding carboxylic acids is 1. The summed E-state index contributed by atoms with van der Waals surface area (Å²) in [5.74, 6) is -0.530. The second kappa shape index (κ2) is 9.46. The van der Waals surface area contributed by atoms with E-state index in [1.165, 1.54) is 31.4 Å². The van der Waals surface area contributed by atoms with Gasteiger partial charge in [0.15, 0.2) is 0 Å². The summed E-state index contributed by atoms with van der Waals surface area (Å²) >= 11 is 0. The van der Waals surface area contributed by atoms with Gasteiger partial charge in [-0.1, -0.05) is 12.1 Å². The number of nitrogens with one attached hydrogen (secondary N) is 1. The van der Waals surface area contributed by atoms with Crippen LogP contribution < -0.4 is 4.72 Å². The molecule has 0 amide bonds. The largest absolute Gasteiger partial charge is 0.457 e. The van der Waals surface area contributed by atoms with Crippen LogP contribution in [0.2, 0.25) is 0 Å². The molecule has 0 aliphatic rings. The maximum absolute atomic E-state index is 12.2.